The van der Waals surface area contributed by atoms with E-state index in [4.69, 9.17) is 0 Å². The number of amides is 1. The van der Waals surface area contributed by atoms with Crippen molar-refractivity contribution < 1.29 is 9.18 Å². The fourth-order valence-electron chi connectivity index (χ4n) is 4.31. The molecule has 4 aromatic rings. The normalized spacial score (nSPS) is 14.4. The predicted octanol–water partition coefficient (Wildman–Crippen LogP) is 3.03. The van der Waals surface area contributed by atoms with E-state index in [1.807, 2.05) is 21.6 Å². The Morgan fingerprint density at radius 2 is 1.71 bits per heavy atom. The van der Waals surface area contributed by atoms with Crippen LogP contribution in [-0.4, -0.2) is 59.7 Å². The molecule has 0 bridgehead atoms. The maximum atomic E-state index is 13.3. The van der Waals surface area contributed by atoms with Crippen LogP contribution in [0.3, 0.4) is 0 Å². The minimum absolute atomic E-state index is 0.0928. The van der Waals surface area contributed by atoms with Crippen molar-refractivity contribution in [3.63, 3.8) is 0 Å². The maximum absolute atomic E-state index is 13.3. The van der Waals surface area contributed by atoms with Crippen LogP contribution in [0.5, 0.6) is 0 Å². The van der Waals surface area contributed by atoms with Crippen molar-refractivity contribution in [2.45, 2.75) is 19.6 Å². The average Bonchev–Trinajstić information content (AvgIpc) is 3.54. The molecule has 35 heavy (non-hydrogen) atoms. The number of rotatable bonds is 8. The molecule has 178 valence electrons. The lowest BCUT2D eigenvalue weighted by molar-refractivity contribution is -0.136. The average molecular weight is 472 g/mol. The third kappa shape index (κ3) is 5.20. The van der Waals surface area contributed by atoms with Gasteiger partial charge in [-0.25, -0.2) is 19.0 Å². The van der Waals surface area contributed by atoms with Crippen LogP contribution in [0.1, 0.15) is 22.4 Å². The molecule has 2 aromatic carbocycles. The molecule has 0 spiro atoms. The smallest absolute Gasteiger partial charge is 0.237 e. The number of carbonyl (C=O) groups excluding carboxylic acids is 1. The fraction of sp³-hybridized carbons (Fsp3) is 0.231. The molecule has 0 N–H and O–H groups in total. The van der Waals surface area contributed by atoms with Crippen LogP contribution in [0.15, 0.2) is 80.3 Å². The number of imidazole rings is 1. The Hall–Kier alpha value is -4.11. The van der Waals surface area contributed by atoms with Gasteiger partial charge in [-0.3, -0.25) is 9.69 Å². The van der Waals surface area contributed by atoms with Crippen molar-refractivity contribution in [3.05, 3.63) is 108 Å². The molecule has 9 heteroatoms. The van der Waals surface area contributed by atoms with E-state index in [-0.39, 0.29) is 11.7 Å². The molecular formula is C26H26FN7O. The lowest BCUT2D eigenvalue weighted by Gasteiger charge is -2.34. The second-order valence-electron chi connectivity index (χ2n) is 8.60. The number of carbonyl (C=O) groups is 1. The zero-order valence-corrected chi connectivity index (χ0v) is 19.3. The summed E-state index contributed by atoms with van der Waals surface area (Å²) in [6.07, 6.45) is 6.69. The minimum Gasteiger partial charge on any atom is -0.336 e. The van der Waals surface area contributed by atoms with Gasteiger partial charge in [0.1, 0.15) is 18.5 Å². The predicted molar refractivity (Wildman–Crippen MR) is 129 cm³/mol. The van der Waals surface area contributed by atoms with Gasteiger partial charge < -0.3 is 9.47 Å². The van der Waals surface area contributed by atoms with Crippen LogP contribution >= 0.6 is 0 Å². The van der Waals surface area contributed by atoms with Crippen LogP contribution in [0.2, 0.25) is 0 Å². The zero-order valence-electron chi connectivity index (χ0n) is 19.3. The number of benzene rings is 2. The third-order valence-electron chi connectivity index (χ3n) is 6.25. The van der Waals surface area contributed by atoms with Gasteiger partial charge in [0, 0.05) is 38.1 Å². The van der Waals surface area contributed by atoms with E-state index < -0.39 is 0 Å². The molecule has 1 aliphatic heterocycles. The van der Waals surface area contributed by atoms with E-state index in [0.29, 0.717) is 38.4 Å². The third-order valence-corrected chi connectivity index (χ3v) is 6.25. The molecule has 5 rings (SSSR count). The van der Waals surface area contributed by atoms with Crippen molar-refractivity contribution in [3.8, 4) is 0 Å². The Morgan fingerprint density at radius 1 is 0.943 bits per heavy atom. The number of aromatic nitrogens is 5. The van der Waals surface area contributed by atoms with Gasteiger partial charge in [0.2, 0.25) is 5.91 Å². The summed E-state index contributed by atoms with van der Waals surface area (Å²) in [6.45, 7) is 7.64. The Labute approximate surface area is 203 Å². The van der Waals surface area contributed by atoms with E-state index in [0.717, 1.165) is 28.9 Å². The van der Waals surface area contributed by atoms with Gasteiger partial charge in [-0.15, -0.1) is 0 Å². The molecule has 1 fully saturated rings. The van der Waals surface area contributed by atoms with Crippen molar-refractivity contribution in [2.75, 3.05) is 19.6 Å². The van der Waals surface area contributed by atoms with Crippen LogP contribution in [0.25, 0.3) is 5.70 Å². The van der Waals surface area contributed by atoms with E-state index in [9.17, 15) is 9.18 Å². The zero-order chi connectivity index (χ0) is 24.2. The summed E-state index contributed by atoms with van der Waals surface area (Å²) in [4.78, 5) is 25.3. The number of nitrogens with zero attached hydrogens (tertiary/aromatic N) is 7. The number of piperazine rings is 1. The number of halogens is 1. The fourth-order valence-corrected chi connectivity index (χ4v) is 4.31. The van der Waals surface area contributed by atoms with Gasteiger partial charge in [0.15, 0.2) is 0 Å². The van der Waals surface area contributed by atoms with E-state index in [1.165, 1.54) is 18.5 Å². The highest BCUT2D eigenvalue weighted by Crippen LogP contribution is 2.20. The van der Waals surface area contributed by atoms with Gasteiger partial charge in [0.05, 0.1) is 25.1 Å². The standard InChI is InChI=1S/C26H26FN7O/c1-20(21-6-8-24(27)9-7-21)34-19-28-12-25(34)15-31-10-11-32(26(35)16-31)13-22-4-2-3-5-23(22)14-33-18-29-17-30-33/h2-9,12,17-19H,1,10-11,13-16H2. The van der Waals surface area contributed by atoms with E-state index in [1.54, 1.807) is 35.7 Å². The summed E-state index contributed by atoms with van der Waals surface area (Å²) in [6, 6.07) is 14.3. The SMILES string of the molecule is C=C(c1ccc(F)cc1)n1cncc1CN1CCN(Cc2ccccc2Cn2cncn2)C(=O)C1. The van der Waals surface area contributed by atoms with Gasteiger partial charge >= 0.3 is 0 Å². The van der Waals surface area contributed by atoms with Crippen molar-refractivity contribution in [1.82, 2.24) is 34.1 Å². The van der Waals surface area contributed by atoms with Crippen LogP contribution in [-0.2, 0) is 24.4 Å². The molecule has 1 saturated heterocycles. The molecule has 0 atom stereocenters. The van der Waals surface area contributed by atoms with Gasteiger partial charge in [-0.2, -0.15) is 5.10 Å². The van der Waals surface area contributed by atoms with Crippen molar-refractivity contribution in [1.29, 1.82) is 0 Å². The van der Waals surface area contributed by atoms with Gasteiger partial charge in [0.25, 0.3) is 0 Å². The topological polar surface area (TPSA) is 72.1 Å². The first-order chi connectivity index (χ1) is 17.1. The molecule has 0 radical (unpaired) electrons. The monoisotopic (exact) mass is 471 g/mol. The van der Waals surface area contributed by atoms with Crippen molar-refractivity contribution >= 4 is 11.6 Å². The molecule has 0 saturated carbocycles. The Morgan fingerprint density at radius 3 is 2.43 bits per heavy atom. The summed E-state index contributed by atoms with van der Waals surface area (Å²) in [5.74, 6) is -0.194. The molecular weight excluding hydrogens is 445 g/mol. The van der Waals surface area contributed by atoms with E-state index in [2.05, 4.69) is 38.7 Å². The highest BCUT2D eigenvalue weighted by atomic mass is 19.1. The molecule has 8 nitrogen and oxygen atoms in total. The summed E-state index contributed by atoms with van der Waals surface area (Å²) >= 11 is 0. The minimum atomic E-state index is -0.287. The summed E-state index contributed by atoms with van der Waals surface area (Å²) in [7, 11) is 0. The lowest BCUT2D eigenvalue weighted by atomic mass is 10.1. The van der Waals surface area contributed by atoms with Gasteiger partial charge in [-0.1, -0.05) is 30.8 Å². The summed E-state index contributed by atoms with van der Waals surface area (Å²) < 4.78 is 17.0. The summed E-state index contributed by atoms with van der Waals surface area (Å²) in [5.41, 5.74) is 4.69. The quantitative estimate of drug-likeness (QED) is 0.395. The maximum Gasteiger partial charge on any atom is 0.237 e. The molecule has 0 unspecified atom stereocenters. The Bertz CT molecular complexity index is 1310. The van der Waals surface area contributed by atoms with Crippen LogP contribution in [0, 0.1) is 5.82 Å². The lowest BCUT2D eigenvalue weighted by Crippen LogP contribution is -2.49. The molecule has 1 aliphatic rings. The van der Waals surface area contributed by atoms with Gasteiger partial charge in [-0.05, 0) is 41.0 Å². The summed E-state index contributed by atoms with van der Waals surface area (Å²) in [5, 5.41) is 4.19. The Balaban J connectivity index is 1.22. The molecule has 3 heterocycles. The molecule has 1 amide bonds. The number of hydrogen-bond donors (Lipinski definition) is 0. The molecule has 0 aliphatic carbocycles. The first-order valence-corrected chi connectivity index (χ1v) is 11.4. The highest BCUT2D eigenvalue weighted by Gasteiger charge is 2.25. The van der Waals surface area contributed by atoms with Crippen LogP contribution < -0.4 is 0 Å². The van der Waals surface area contributed by atoms with Crippen molar-refractivity contribution in [2.24, 2.45) is 0 Å². The highest BCUT2D eigenvalue weighted by molar-refractivity contribution is 5.79. The first-order valence-electron chi connectivity index (χ1n) is 11.4. The Kier molecular flexibility index (Phi) is 6.49. The second kappa shape index (κ2) is 10.0. The van der Waals surface area contributed by atoms with E-state index >= 15 is 0 Å². The number of hydrogen-bond acceptors (Lipinski definition) is 5. The first kappa shape index (κ1) is 22.7. The molecule has 2 aromatic heterocycles. The van der Waals surface area contributed by atoms with Crippen LogP contribution in [0.4, 0.5) is 4.39 Å². The largest absolute Gasteiger partial charge is 0.336 e. The second-order valence-corrected chi connectivity index (χ2v) is 8.60.